The predicted octanol–water partition coefficient (Wildman–Crippen LogP) is 4.16. The minimum atomic E-state index is 0.0686. The van der Waals surface area contributed by atoms with Gasteiger partial charge in [-0.25, -0.2) is 0 Å². The van der Waals surface area contributed by atoms with E-state index >= 15 is 0 Å². The summed E-state index contributed by atoms with van der Waals surface area (Å²) in [5.74, 6) is 2.43. The Labute approximate surface area is 164 Å². The van der Waals surface area contributed by atoms with Gasteiger partial charge in [-0.1, -0.05) is 37.1 Å². The number of rotatable bonds is 4. The van der Waals surface area contributed by atoms with Gasteiger partial charge in [-0.2, -0.15) is 0 Å². The van der Waals surface area contributed by atoms with Crippen molar-refractivity contribution in [3.05, 3.63) is 59.2 Å². The number of ether oxygens (including phenoxy) is 3. The average molecular weight is 377 g/mol. The Balaban J connectivity index is 1.42. The van der Waals surface area contributed by atoms with Gasteiger partial charge in [0.25, 0.3) is 5.91 Å². The lowest BCUT2D eigenvalue weighted by Crippen LogP contribution is -2.40. The lowest BCUT2D eigenvalue weighted by Gasteiger charge is -2.31. The van der Waals surface area contributed by atoms with Gasteiger partial charge < -0.3 is 19.1 Å². The van der Waals surface area contributed by atoms with E-state index < -0.39 is 0 Å². The third kappa shape index (κ3) is 3.21. The monoisotopic (exact) mass is 377 g/mol. The number of carbonyl (C=O) groups is 1. The molecule has 0 aromatic heterocycles. The fourth-order valence-corrected chi connectivity index (χ4v) is 4.24. The molecule has 1 amide bonds. The number of benzene rings is 2. The fraction of sp³-hybridized carbons (Fsp3) is 0.348. The molecule has 0 saturated heterocycles. The zero-order valence-electron chi connectivity index (χ0n) is 15.7. The largest absolute Gasteiger partial charge is 0.488 e. The van der Waals surface area contributed by atoms with Crippen LogP contribution in [0.4, 0.5) is 0 Å². The summed E-state index contributed by atoms with van der Waals surface area (Å²) in [6.45, 7) is 1.15. The van der Waals surface area contributed by atoms with Gasteiger partial charge in [0.15, 0.2) is 11.5 Å². The molecule has 3 aliphatic rings. The van der Waals surface area contributed by atoms with E-state index in [1.54, 1.807) is 0 Å². The summed E-state index contributed by atoms with van der Waals surface area (Å²) in [5.41, 5.74) is 2.74. The van der Waals surface area contributed by atoms with Crippen LogP contribution in [-0.2, 0) is 11.3 Å². The molecule has 2 aromatic carbocycles. The number of hydrogen-bond donors (Lipinski definition) is 0. The van der Waals surface area contributed by atoms with E-state index in [9.17, 15) is 4.79 Å². The molecule has 0 spiro atoms. The Hall–Kier alpha value is -2.95. The number of para-hydroxylation sites is 1. The van der Waals surface area contributed by atoms with Crippen LogP contribution in [-0.4, -0.2) is 30.2 Å². The van der Waals surface area contributed by atoms with Crippen molar-refractivity contribution < 1.29 is 19.0 Å². The zero-order chi connectivity index (χ0) is 18.9. The first-order valence-electron chi connectivity index (χ1n) is 9.90. The lowest BCUT2D eigenvalue weighted by molar-refractivity contribution is -0.130. The van der Waals surface area contributed by atoms with Crippen molar-refractivity contribution >= 4 is 12.0 Å². The van der Waals surface area contributed by atoms with Crippen molar-refractivity contribution in [2.75, 3.05) is 13.4 Å². The van der Waals surface area contributed by atoms with Crippen LogP contribution in [0.5, 0.6) is 17.2 Å². The van der Waals surface area contributed by atoms with Gasteiger partial charge >= 0.3 is 0 Å². The van der Waals surface area contributed by atoms with E-state index in [-0.39, 0.29) is 18.7 Å². The van der Waals surface area contributed by atoms with E-state index in [4.69, 9.17) is 14.2 Å². The third-order valence-electron chi connectivity index (χ3n) is 5.72. The maximum atomic E-state index is 13.5. The number of fused-ring (bicyclic) bond motifs is 2. The first-order chi connectivity index (χ1) is 13.8. The molecule has 5 nitrogen and oxygen atoms in total. The first kappa shape index (κ1) is 17.2. The van der Waals surface area contributed by atoms with Gasteiger partial charge in [-0.15, -0.1) is 0 Å². The molecule has 0 N–H and O–H groups in total. The van der Waals surface area contributed by atoms with Crippen molar-refractivity contribution in [3.8, 4) is 17.2 Å². The highest BCUT2D eigenvalue weighted by molar-refractivity contribution is 5.99. The van der Waals surface area contributed by atoms with Gasteiger partial charge in [0.05, 0.1) is 5.57 Å². The van der Waals surface area contributed by atoms with Crippen LogP contribution in [0.25, 0.3) is 6.08 Å². The minimum absolute atomic E-state index is 0.0686. The van der Waals surface area contributed by atoms with E-state index in [2.05, 4.69) is 0 Å². The molecular formula is C23H23NO4. The molecule has 0 bridgehead atoms. The topological polar surface area (TPSA) is 48.0 Å². The van der Waals surface area contributed by atoms with Crippen LogP contribution < -0.4 is 14.2 Å². The van der Waals surface area contributed by atoms with Crippen LogP contribution in [0, 0.1) is 0 Å². The highest BCUT2D eigenvalue weighted by atomic mass is 16.7. The van der Waals surface area contributed by atoms with Crippen LogP contribution in [0.1, 0.15) is 36.8 Å². The van der Waals surface area contributed by atoms with Crippen LogP contribution in [0.3, 0.4) is 0 Å². The van der Waals surface area contributed by atoms with Crippen LogP contribution in [0.15, 0.2) is 48.0 Å². The molecule has 2 aromatic rings. The molecule has 0 atom stereocenters. The van der Waals surface area contributed by atoms with Crippen molar-refractivity contribution in [3.63, 3.8) is 0 Å². The summed E-state index contributed by atoms with van der Waals surface area (Å²) in [4.78, 5) is 15.5. The van der Waals surface area contributed by atoms with Crippen molar-refractivity contribution in [2.45, 2.75) is 38.3 Å². The maximum Gasteiger partial charge on any atom is 0.253 e. The standard InChI is InChI=1S/C23H23NO4/c25-23(18-12-17-5-1-4-8-20(17)26-14-18)24(19-6-2-3-7-19)13-16-9-10-21-22(11-16)28-15-27-21/h1,4-5,8-12,19H,2-3,6-7,13-15H2. The van der Waals surface area contributed by atoms with E-state index in [1.807, 2.05) is 53.4 Å². The highest BCUT2D eigenvalue weighted by Gasteiger charge is 2.30. The molecule has 2 heterocycles. The normalized spacial score (nSPS) is 17.6. The summed E-state index contributed by atoms with van der Waals surface area (Å²) >= 11 is 0. The second kappa shape index (κ2) is 7.23. The van der Waals surface area contributed by atoms with E-state index in [1.165, 1.54) is 12.8 Å². The summed E-state index contributed by atoms with van der Waals surface area (Å²) in [6.07, 6.45) is 6.44. The van der Waals surface area contributed by atoms with Crippen molar-refractivity contribution in [2.24, 2.45) is 0 Å². The average Bonchev–Trinajstić information content (AvgIpc) is 3.42. The zero-order valence-corrected chi connectivity index (χ0v) is 15.7. The molecule has 1 fully saturated rings. The smallest absolute Gasteiger partial charge is 0.253 e. The quantitative estimate of drug-likeness (QED) is 0.803. The van der Waals surface area contributed by atoms with Gasteiger partial charge in [0, 0.05) is 18.2 Å². The molecule has 5 heteroatoms. The molecule has 5 rings (SSSR count). The maximum absolute atomic E-state index is 13.5. The number of hydrogen-bond acceptors (Lipinski definition) is 4. The van der Waals surface area contributed by atoms with Gasteiger partial charge in [-0.3, -0.25) is 4.79 Å². The van der Waals surface area contributed by atoms with Crippen LogP contribution >= 0.6 is 0 Å². The molecule has 0 radical (unpaired) electrons. The molecule has 1 aliphatic carbocycles. The Morgan fingerprint density at radius 2 is 1.79 bits per heavy atom. The second-order valence-corrected chi connectivity index (χ2v) is 7.56. The molecule has 28 heavy (non-hydrogen) atoms. The Bertz CT molecular complexity index is 930. The number of carbonyl (C=O) groups excluding carboxylic acids is 1. The van der Waals surface area contributed by atoms with E-state index in [0.717, 1.165) is 41.2 Å². The molecule has 1 saturated carbocycles. The van der Waals surface area contributed by atoms with Gasteiger partial charge in [-0.05, 0) is 42.7 Å². The minimum Gasteiger partial charge on any atom is -0.488 e. The van der Waals surface area contributed by atoms with Crippen LogP contribution in [0.2, 0.25) is 0 Å². The molecule has 144 valence electrons. The Kier molecular flexibility index (Phi) is 4.43. The van der Waals surface area contributed by atoms with Gasteiger partial charge in [0.1, 0.15) is 12.4 Å². The van der Waals surface area contributed by atoms with E-state index in [0.29, 0.717) is 18.7 Å². The van der Waals surface area contributed by atoms with Gasteiger partial charge in [0.2, 0.25) is 6.79 Å². The number of nitrogens with zero attached hydrogens (tertiary/aromatic N) is 1. The summed E-state index contributed by atoms with van der Waals surface area (Å²) in [7, 11) is 0. The van der Waals surface area contributed by atoms with Crippen molar-refractivity contribution in [1.82, 2.24) is 4.90 Å². The summed E-state index contributed by atoms with van der Waals surface area (Å²) in [6, 6.07) is 14.0. The predicted molar refractivity (Wildman–Crippen MR) is 105 cm³/mol. The third-order valence-corrected chi connectivity index (χ3v) is 5.72. The van der Waals surface area contributed by atoms with Crippen molar-refractivity contribution in [1.29, 1.82) is 0 Å². The fourth-order valence-electron chi connectivity index (χ4n) is 4.24. The Morgan fingerprint density at radius 3 is 2.68 bits per heavy atom. The first-order valence-corrected chi connectivity index (χ1v) is 9.90. The highest BCUT2D eigenvalue weighted by Crippen LogP contribution is 2.34. The molecular weight excluding hydrogens is 354 g/mol. The SMILES string of the molecule is O=C(C1=Cc2ccccc2OC1)N(Cc1ccc2c(c1)OCO2)C1CCCC1. The Morgan fingerprint density at radius 1 is 0.964 bits per heavy atom. The molecule has 0 unspecified atom stereocenters. The summed E-state index contributed by atoms with van der Waals surface area (Å²) < 4.78 is 16.7. The second-order valence-electron chi connectivity index (χ2n) is 7.56. The molecule has 2 aliphatic heterocycles. The summed E-state index contributed by atoms with van der Waals surface area (Å²) in [5, 5.41) is 0. The lowest BCUT2D eigenvalue weighted by atomic mass is 10.0. The number of amides is 1.